The predicted octanol–water partition coefficient (Wildman–Crippen LogP) is 1.16. The molecule has 1 fully saturated rings. The second-order valence-electron chi connectivity index (χ2n) is 5.94. The molecule has 2 aromatic rings. The second-order valence-corrected chi connectivity index (χ2v) is 5.94. The Morgan fingerprint density at radius 3 is 2.73 bits per heavy atom. The van der Waals surface area contributed by atoms with Crippen molar-refractivity contribution in [2.24, 2.45) is 5.92 Å². The van der Waals surface area contributed by atoms with Crippen molar-refractivity contribution in [2.75, 3.05) is 13.1 Å². The average molecular weight is 303 g/mol. The fraction of sp³-hybridized carbons (Fsp3) is 0.600. The molecule has 7 nitrogen and oxygen atoms in total. The summed E-state index contributed by atoms with van der Waals surface area (Å²) in [5, 5.41) is 8.25. The third kappa shape index (κ3) is 3.59. The summed E-state index contributed by atoms with van der Waals surface area (Å²) >= 11 is 0. The summed E-state index contributed by atoms with van der Waals surface area (Å²) in [5.41, 5.74) is 0.861. The maximum atomic E-state index is 11.8. The second kappa shape index (κ2) is 6.39. The van der Waals surface area contributed by atoms with E-state index in [1.165, 1.54) is 0 Å². The standard InChI is InChI=1S/C15H21N5O2/c1-11-3-4-15(21)20(17-11)9-13-5-7-19(8-6-13)10-14-16-12(2)22-18-14/h3-4,13H,5-10H2,1-2H3. The minimum absolute atomic E-state index is 0.0182. The van der Waals surface area contributed by atoms with Crippen LogP contribution in [0.25, 0.3) is 0 Å². The van der Waals surface area contributed by atoms with E-state index in [9.17, 15) is 4.79 Å². The van der Waals surface area contributed by atoms with E-state index in [4.69, 9.17) is 4.52 Å². The molecule has 3 rings (SSSR count). The van der Waals surface area contributed by atoms with Crippen molar-refractivity contribution in [3.8, 4) is 0 Å². The van der Waals surface area contributed by atoms with Crippen LogP contribution in [0.3, 0.4) is 0 Å². The highest BCUT2D eigenvalue weighted by molar-refractivity contribution is 4.97. The van der Waals surface area contributed by atoms with Crippen LogP contribution in [0.4, 0.5) is 0 Å². The normalized spacial score (nSPS) is 17.0. The fourth-order valence-electron chi connectivity index (χ4n) is 2.86. The molecule has 118 valence electrons. The third-order valence-electron chi connectivity index (χ3n) is 4.07. The monoisotopic (exact) mass is 303 g/mol. The molecule has 0 amide bonds. The molecule has 0 unspecified atom stereocenters. The van der Waals surface area contributed by atoms with Crippen LogP contribution in [0.2, 0.25) is 0 Å². The van der Waals surface area contributed by atoms with E-state index < -0.39 is 0 Å². The Morgan fingerprint density at radius 1 is 1.27 bits per heavy atom. The zero-order chi connectivity index (χ0) is 15.5. The van der Waals surface area contributed by atoms with E-state index in [0.29, 0.717) is 18.4 Å². The lowest BCUT2D eigenvalue weighted by Crippen LogP contribution is -2.36. The van der Waals surface area contributed by atoms with Gasteiger partial charge < -0.3 is 4.52 Å². The van der Waals surface area contributed by atoms with Gasteiger partial charge in [0.15, 0.2) is 5.82 Å². The van der Waals surface area contributed by atoms with Crippen molar-refractivity contribution < 1.29 is 4.52 Å². The molecule has 0 atom stereocenters. The fourth-order valence-corrected chi connectivity index (χ4v) is 2.86. The van der Waals surface area contributed by atoms with Crippen molar-refractivity contribution in [2.45, 2.75) is 39.8 Å². The zero-order valence-corrected chi connectivity index (χ0v) is 13.0. The number of aromatic nitrogens is 4. The van der Waals surface area contributed by atoms with Crippen molar-refractivity contribution in [1.29, 1.82) is 0 Å². The summed E-state index contributed by atoms with van der Waals surface area (Å²) in [6.45, 7) is 7.11. The number of piperidine rings is 1. The van der Waals surface area contributed by atoms with Crippen LogP contribution in [0.15, 0.2) is 21.5 Å². The molecule has 7 heteroatoms. The number of rotatable bonds is 4. The van der Waals surface area contributed by atoms with E-state index in [1.54, 1.807) is 23.7 Å². The molecule has 1 aliphatic rings. The van der Waals surface area contributed by atoms with Crippen molar-refractivity contribution in [3.63, 3.8) is 0 Å². The Labute approximate surface area is 128 Å². The van der Waals surface area contributed by atoms with E-state index in [2.05, 4.69) is 20.1 Å². The molecule has 0 spiro atoms. The van der Waals surface area contributed by atoms with Crippen LogP contribution in [0, 0.1) is 19.8 Å². The van der Waals surface area contributed by atoms with Gasteiger partial charge in [0.05, 0.1) is 12.2 Å². The summed E-state index contributed by atoms with van der Waals surface area (Å²) in [6, 6.07) is 3.35. The Balaban J connectivity index is 1.53. The lowest BCUT2D eigenvalue weighted by atomic mass is 9.97. The van der Waals surface area contributed by atoms with Gasteiger partial charge in [-0.2, -0.15) is 10.1 Å². The van der Waals surface area contributed by atoms with Gasteiger partial charge in [0.1, 0.15) is 0 Å². The summed E-state index contributed by atoms with van der Waals surface area (Å²) < 4.78 is 6.59. The first-order chi connectivity index (χ1) is 10.6. The minimum atomic E-state index is -0.0182. The van der Waals surface area contributed by atoms with Gasteiger partial charge in [0.25, 0.3) is 5.56 Å². The highest BCUT2D eigenvalue weighted by Gasteiger charge is 2.21. The molecular weight excluding hydrogens is 282 g/mol. The number of hydrogen-bond donors (Lipinski definition) is 0. The van der Waals surface area contributed by atoms with Crippen molar-refractivity contribution >= 4 is 0 Å². The SMILES string of the molecule is Cc1ccc(=O)n(CC2CCN(Cc3noc(C)n3)CC2)n1. The van der Waals surface area contributed by atoms with Crippen LogP contribution in [0.1, 0.15) is 30.3 Å². The average Bonchev–Trinajstić information content (AvgIpc) is 2.90. The molecule has 0 aliphatic carbocycles. The number of aryl methyl sites for hydroxylation is 2. The van der Waals surface area contributed by atoms with Crippen LogP contribution >= 0.6 is 0 Å². The minimum Gasteiger partial charge on any atom is -0.340 e. The largest absolute Gasteiger partial charge is 0.340 e. The van der Waals surface area contributed by atoms with Crippen LogP contribution in [-0.4, -0.2) is 37.9 Å². The maximum Gasteiger partial charge on any atom is 0.266 e. The molecule has 0 radical (unpaired) electrons. The first-order valence-corrected chi connectivity index (χ1v) is 7.66. The van der Waals surface area contributed by atoms with Gasteiger partial charge >= 0.3 is 0 Å². The van der Waals surface area contributed by atoms with E-state index >= 15 is 0 Å². The Kier molecular flexibility index (Phi) is 4.33. The van der Waals surface area contributed by atoms with Gasteiger partial charge in [-0.15, -0.1) is 0 Å². The van der Waals surface area contributed by atoms with Gasteiger partial charge in [-0.3, -0.25) is 9.69 Å². The molecule has 0 saturated carbocycles. The maximum absolute atomic E-state index is 11.8. The number of nitrogens with zero attached hydrogens (tertiary/aromatic N) is 5. The Bertz CT molecular complexity index is 685. The van der Waals surface area contributed by atoms with E-state index in [0.717, 1.165) is 44.0 Å². The summed E-state index contributed by atoms with van der Waals surface area (Å²) in [5.74, 6) is 1.84. The lowest BCUT2D eigenvalue weighted by Gasteiger charge is -2.31. The van der Waals surface area contributed by atoms with E-state index in [1.807, 2.05) is 6.92 Å². The summed E-state index contributed by atoms with van der Waals surface area (Å²) in [6.07, 6.45) is 2.11. The van der Waals surface area contributed by atoms with Gasteiger partial charge in [-0.25, -0.2) is 4.68 Å². The molecule has 1 aliphatic heterocycles. The highest BCUT2D eigenvalue weighted by atomic mass is 16.5. The summed E-state index contributed by atoms with van der Waals surface area (Å²) in [7, 11) is 0. The highest BCUT2D eigenvalue weighted by Crippen LogP contribution is 2.19. The molecule has 2 aromatic heterocycles. The molecule has 22 heavy (non-hydrogen) atoms. The molecule has 1 saturated heterocycles. The lowest BCUT2D eigenvalue weighted by molar-refractivity contribution is 0.159. The Hall–Kier alpha value is -2.02. The summed E-state index contributed by atoms with van der Waals surface area (Å²) in [4.78, 5) is 18.4. The van der Waals surface area contributed by atoms with Crippen molar-refractivity contribution in [3.05, 3.63) is 39.9 Å². The van der Waals surface area contributed by atoms with Gasteiger partial charge in [-0.05, 0) is 44.8 Å². The van der Waals surface area contributed by atoms with Crippen LogP contribution in [-0.2, 0) is 13.1 Å². The molecule has 0 aromatic carbocycles. The zero-order valence-electron chi connectivity index (χ0n) is 13.0. The topological polar surface area (TPSA) is 77.0 Å². The van der Waals surface area contributed by atoms with Gasteiger partial charge in [-0.1, -0.05) is 5.16 Å². The molecule has 0 N–H and O–H groups in total. The Morgan fingerprint density at radius 2 is 2.05 bits per heavy atom. The molecule has 0 bridgehead atoms. The number of hydrogen-bond acceptors (Lipinski definition) is 6. The molecule has 3 heterocycles. The first kappa shape index (κ1) is 14.9. The van der Waals surface area contributed by atoms with Gasteiger partial charge in [0, 0.05) is 19.5 Å². The van der Waals surface area contributed by atoms with Gasteiger partial charge in [0.2, 0.25) is 5.89 Å². The van der Waals surface area contributed by atoms with E-state index in [-0.39, 0.29) is 5.56 Å². The van der Waals surface area contributed by atoms with Crippen LogP contribution < -0.4 is 5.56 Å². The smallest absolute Gasteiger partial charge is 0.266 e. The molecular formula is C15H21N5O2. The number of likely N-dealkylation sites (tertiary alicyclic amines) is 1. The first-order valence-electron chi connectivity index (χ1n) is 7.66. The quantitative estimate of drug-likeness (QED) is 0.843. The van der Waals surface area contributed by atoms with Crippen LogP contribution in [0.5, 0.6) is 0 Å². The predicted molar refractivity (Wildman–Crippen MR) is 80.3 cm³/mol. The van der Waals surface area contributed by atoms with Crippen molar-refractivity contribution in [1.82, 2.24) is 24.8 Å². The third-order valence-corrected chi connectivity index (χ3v) is 4.07.